The van der Waals surface area contributed by atoms with E-state index in [1.807, 2.05) is 0 Å². The second-order valence-corrected chi connectivity index (χ2v) is 9.30. The van der Waals surface area contributed by atoms with Gasteiger partial charge in [0.2, 0.25) is 0 Å². The van der Waals surface area contributed by atoms with Crippen molar-refractivity contribution in [2.45, 2.75) is 63.1 Å². The Morgan fingerprint density at radius 1 is 1.21 bits per heavy atom. The molecule has 3 aromatic heterocycles. The summed E-state index contributed by atoms with van der Waals surface area (Å²) >= 11 is 0. The van der Waals surface area contributed by atoms with E-state index in [4.69, 9.17) is 5.73 Å². The van der Waals surface area contributed by atoms with Crippen LogP contribution in [-0.2, 0) is 12.2 Å². The average Bonchev–Trinajstić information content (AvgIpc) is 3.54. The van der Waals surface area contributed by atoms with Gasteiger partial charge in [0.1, 0.15) is 12.7 Å². The van der Waals surface area contributed by atoms with Gasteiger partial charge in [0.25, 0.3) is 6.43 Å². The number of hydrogen-bond acceptors (Lipinski definition) is 7. The Hall–Kier alpha value is -3.81. The molecule has 3 atom stereocenters. The van der Waals surface area contributed by atoms with Crippen molar-refractivity contribution >= 4 is 5.57 Å². The highest BCUT2D eigenvalue weighted by Gasteiger charge is 2.33. The second kappa shape index (κ2) is 10.5. The summed E-state index contributed by atoms with van der Waals surface area (Å²) in [7, 11) is 0. The van der Waals surface area contributed by atoms with E-state index in [1.165, 1.54) is 30.9 Å². The van der Waals surface area contributed by atoms with Gasteiger partial charge in [-0.05, 0) is 43.9 Å². The van der Waals surface area contributed by atoms with E-state index in [9.17, 15) is 22.0 Å². The van der Waals surface area contributed by atoms with Gasteiger partial charge in [0.05, 0.1) is 23.1 Å². The molecule has 0 radical (unpaired) electrons. The maximum atomic E-state index is 14.1. The molecule has 2 aliphatic rings. The molecule has 0 spiro atoms. The van der Waals surface area contributed by atoms with Crippen LogP contribution in [0.25, 0.3) is 17.0 Å². The molecule has 0 aromatic carbocycles. The lowest BCUT2D eigenvalue weighted by Gasteiger charge is -2.35. The number of nitrogens with two attached hydrogens (primary N) is 1. The van der Waals surface area contributed by atoms with Crippen LogP contribution in [-0.4, -0.2) is 48.2 Å². The molecule has 1 saturated carbocycles. The largest absolute Gasteiger partial charge is 0.382 e. The van der Waals surface area contributed by atoms with Gasteiger partial charge in [0, 0.05) is 42.1 Å². The van der Waals surface area contributed by atoms with E-state index in [-0.39, 0.29) is 17.6 Å². The van der Waals surface area contributed by atoms with E-state index in [1.54, 1.807) is 18.3 Å². The predicted octanol–water partition coefficient (Wildman–Crippen LogP) is 3.71. The number of hydrogen-bond donors (Lipinski definition) is 3. The topological polar surface area (TPSA) is 112 Å². The molecule has 0 saturated heterocycles. The summed E-state index contributed by atoms with van der Waals surface area (Å²) in [5, 5.41) is 14.3. The first-order valence-electron chi connectivity index (χ1n) is 12.1. The molecule has 0 bridgehead atoms. The monoisotopic (exact) mass is 535 g/mol. The van der Waals surface area contributed by atoms with Gasteiger partial charge < -0.3 is 16.4 Å². The number of nitrogens with zero attached hydrogens (tertiary/aromatic N) is 6. The average molecular weight is 536 g/mol. The maximum absolute atomic E-state index is 14.1. The molecule has 4 N–H and O–H groups in total. The quantitative estimate of drug-likeness (QED) is 0.377. The number of dihydropyridines is 1. The summed E-state index contributed by atoms with van der Waals surface area (Å²) in [5.41, 5.74) is 7.38. The Morgan fingerprint density at radius 2 is 2.05 bits per heavy atom. The van der Waals surface area contributed by atoms with Crippen molar-refractivity contribution in [2.24, 2.45) is 5.73 Å². The first-order valence-corrected chi connectivity index (χ1v) is 12.1. The Bertz CT molecular complexity index is 1330. The van der Waals surface area contributed by atoms with Crippen LogP contribution in [0.15, 0.2) is 54.9 Å². The third-order valence-corrected chi connectivity index (χ3v) is 6.47. The van der Waals surface area contributed by atoms with E-state index >= 15 is 0 Å². The Kier molecular flexibility index (Phi) is 7.15. The van der Waals surface area contributed by atoms with Gasteiger partial charge in [-0.15, -0.1) is 0 Å². The van der Waals surface area contributed by atoms with Crippen molar-refractivity contribution in [2.75, 3.05) is 0 Å². The lowest BCUT2D eigenvalue weighted by molar-refractivity contribution is 0.0565. The number of halogens is 5. The van der Waals surface area contributed by atoms with E-state index in [2.05, 4.69) is 30.8 Å². The Balaban J connectivity index is 1.47. The highest BCUT2D eigenvalue weighted by Crippen LogP contribution is 2.32. The van der Waals surface area contributed by atoms with Gasteiger partial charge in [-0.2, -0.15) is 19.0 Å². The molecular formula is C24H26F5N9. The minimum atomic E-state index is -2.80. The van der Waals surface area contributed by atoms with Crippen LogP contribution >= 0.6 is 0 Å². The molecule has 0 amide bonds. The summed E-state index contributed by atoms with van der Waals surface area (Å²) in [6.45, 7) is -3.36. The van der Waals surface area contributed by atoms with Crippen LogP contribution in [0.4, 0.5) is 22.0 Å². The molecule has 1 aliphatic heterocycles. The molecule has 3 aromatic rings. The molecular weight excluding hydrogens is 509 g/mol. The zero-order valence-electron chi connectivity index (χ0n) is 20.1. The number of nitrogens with one attached hydrogen (secondary N) is 2. The molecule has 1 aliphatic carbocycles. The summed E-state index contributed by atoms with van der Waals surface area (Å²) in [6.07, 6.45) is 7.42. The van der Waals surface area contributed by atoms with Gasteiger partial charge in [-0.25, -0.2) is 27.8 Å². The van der Waals surface area contributed by atoms with Crippen LogP contribution in [0.1, 0.15) is 43.6 Å². The standard InChI is InChI=1S/C24H26F5N9/c25-15-2-1-3-16(8-15)34-19-9-24(30,32-11-17(19)18-5-7-38(36-18)23(28)29)20-4-6-31-22(35-20)14-10-33-37(12-14)13-21(26)27/h4-7,9-12,15-16,21,23,32,34H,1-3,8,13,30H2. The van der Waals surface area contributed by atoms with Crippen LogP contribution < -0.4 is 16.4 Å². The fraction of sp³-hybridized carbons (Fsp3) is 0.417. The molecule has 9 nitrogen and oxygen atoms in total. The van der Waals surface area contributed by atoms with Gasteiger partial charge in [-0.1, -0.05) is 0 Å². The summed E-state index contributed by atoms with van der Waals surface area (Å²) in [4.78, 5) is 8.75. The molecule has 1 fully saturated rings. The van der Waals surface area contributed by atoms with Crippen LogP contribution in [0.2, 0.25) is 0 Å². The van der Waals surface area contributed by atoms with Crippen molar-refractivity contribution in [3.05, 3.63) is 66.3 Å². The zero-order valence-corrected chi connectivity index (χ0v) is 20.1. The zero-order chi connectivity index (χ0) is 26.9. The fourth-order valence-corrected chi connectivity index (χ4v) is 4.62. The number of alkyl halides is 5. The Morgan fingerprint density at radius 3 is 2.79 bits per heavy atom. The van der Waals surface area contributed by atoms with Crippen molar-refractivity contribution in [3.8, 4) is 11.4 Å². The summed E-state index contributed by atoms with van der Waals surface area (Å²) in [5.74, 6) is 0.232. The van der Waals surface area contributed by atoms with Gasteiger partial charge in [-0.3, -0.25) is 4.68 Å². The number of aromatic nitrogens is 6. The third-order valence-electron chi connectivity index (χ3n) is 6.47. The molecule has 202 valence electrons. The van der Waals surface area contributed by atoms with Gasteiger partial charge >= 0.3 is 6.55 Å². The summed E-state index contributed by atoms with van der Waals surface area (Å²) < 4.78 is 67.5. The van der Waals surface area contributed by atoms with E-state index < -0.39 is 31.4 Å². The SMILES string of the molecule is NC1(c2ccnc(-c3cnn(CC(F)F)c3)n2)C=C(NC2CCCC(F)C2)C(c2ccn(C(F)F)n2)=CN1. The molecule has 3 unspecified atom stereocenters. The highest BCUT2D eigenvalue weighted by molar-refractivity contribution is 5.78. The van der Waals surface area contributed by atoms with E-state index in [0.717, 1.165) is 11.1 Å². The van der Waals surface area contributed by atoms with Crippen molar-refractivity contribution in [1.82, 2.24) is 40.2 Å². The van der Waals surface area contributed by atoms with Crippen LogP contribution in [0.5, 0.6) is 0 Å². The van der Waals surface area contributed by atoms with Crippen molar-refractivity contribution in [3.63, 3.8) is 0 Å². The smallest absolute Gasteiger partial charge is 0.333 e. The first kappa shape index (κ1) is 25.8. The van der Waals surface area contributed by atoms with Gasteiger partial charge in [0.15, 0.2) is 11.5 Å². The first-order chi connectivity index (χ1) is 18.2. The Labute approximate surface area is 214 Å². The highest BCUT2D eigenvalue weighted by atomic mass is 19.3. The third kappa shape index (κ3) is 5.54. The van der Waals surface area contributed by atoms with Crippen LogP contribution in [0.3, 0.4) is 0 Å². The maximum Gasteiger partial charge on any atom is 0.333 e. The molecule has 14 heteroatoms. The minimum Gasteiger partial charge on any atom is -0.382 e. The predicted molar refractivity (Wildman–Crippen MR) is 128 cm³/mol. The summed E-state index contributed by atoms with van der Waals surface area (Å²) in [6, 6.07) is 2.86. The number of rotatable bonds is 8. The minimum absolute atomic E-state index is 0.186. The second-order valence-electron chi connectivity index (χ2n) is 9.30. The lowest BCUT2D eigenvalue weighted by atomic mass is 9.91. The van der Waals surface area contributed by atoms with E-state index in [0.29, 0.717) is 46.5 Å². The molecule has 5 rings (SSSR count). The lowest BCUT2D eigenvalue weighted by Crippen LogP contribution is -2.50. The van der Waals surface area contributed by atoms with Crippen molar-refractivity contribution < 1.29 is 22.0 Å². The van der Waals surface area contributed by atoms with Crippen LogP contribution in [0, 0.1) is 0 Å². The molecule has 4 heterocycles. The number of allylic oxidation sites excluding steroid dienone is 1. The fourth-order valence-electron chi connectivity index (χ4n) is 4.62. The normalized spacial score (nSPS) is 23.8. The molecule has 38 heavy (non-hydrogen) atoms. The van der Waals surface area contributed by atoms with Crippen molar-refractivity contribution in [1.29, 1.82) is 0 Å².